The summed E-state index contributed by atoms with van der Waals surface area (Å²) in [5.41, 5.74) is 2.66. The van der Waals surface area contributed by atoms with Gasteiger partial charge in [0.15, 0.2) is 0 Å². The fourth-order valence-corrected chi connectivity index (χ4v) is 1.29. The zero-order chi connectivity index (χ0) is 11.5. The van der Waals surface area contributed by atoms with Gasteiger partial charge in [-0.3, -0.25) is 4.79 Å². The zero-order valence-corrected chi connectivity index (χ0v) is 9.49. The first kappa shape index (κ1) is 14.2. The fraction of sp³-hybridized carbons (Fsp3) is 0.900. The van der Waals surface area contributed by atoms with Gasteiger partial charge >= 0.3 is 0 Å². The molecule has 1 unspecified atom stereocenters. The Morgan fingerprint density at radius 1 is 1.47 bits per heavy atom. The Balaban J connectivity index is 3.52. The minimum Gasteiger partial charge on any atom is -0.305 e. The highest BCUT2D eigenvalue weighted by atomic mass is 16.6. The Hall–Kier alpha value is -0.810. The third-order valence-corrected chi connectivity index (χ3v) is 2.26. The maximum atomic E-state index is 11.0. The van der Waals surface area contributed by atoms with Crippen LogP contribution in [-0.2, 0) is 9.63 Å². The SMILES string of the molecule is CCC(=O)CCCC(CCNOC)N=O. The van der Waals surface area contributed by atoms with Crippen molar-refractivity contribution in [3.63, 3.8) is 0 Å². The summed E-state index contributed by atoms with van der Waals surface area (Å²) in [6.07, 6.45) is 3.21. The monoisotopic (exact) mass is 216 g/mol. The zero-order valence-electron chi connectivity index (χ0n) is 9.49. The van der Waals surface area contributed by atoms with E-state index in [4.69, 9.17) is 0 Å². The van der Waals surface area contributed by atoms with E-state index < -0.39 is 0 Å². The Bertz CT molecular complexity index is 186. The highest BCUT2D eigenvalue weighted by Gasteiger charge is 2.09. The Morgan fingerprint density at radius 3 is 2.73 bits per heavy atom. The van der Waals surface area contributed by atoms with Crippen LogP contribution in [0.1, 0.15) is 39.0 Å². The summed E-state index contributed by atoms with van der Waals surface area (Å²) in [6.45, 7) is 2.45. The summed E-state index contributed by atoms with van der Waals surface area (Å²) in [4.78, 5) is 26.1. The number of nitroso groups, excluding NO2 is 1. The number of rotatable bonds is 10. The molecule has 5 heteroatoms. The highest BCUT2D eigenvalue weighted by Crippen LogP contribution is 2.09. The van der Waals surface area contributed by atoms with Crippen molar-refractivity contribution in [3.05, 3.63) is 4.91 Å². The van der Waals surface area contributed by atoms with E-state index in [0.29, 0.717) is 32.2 Å². The van der Waals surface area contributed by atoms with Gasteiger partial charge in [-0.25, -0.2) is 5.48 Å². The van der Waals surface area contributed by atoms with Gasteiger partial charge in [-0.05, 0) is 19.3 Å². The summed E-state index contributed by atoms with van der Waals surface area (Å²) in [7, 11) is 1.53. The van der Waals surface area contributed by atoms with Gasteiger partial charge < -0.3 is 4.84 Å². The van der Waals surface area contributed by atoms with Crippen molar-refractivity contribution in [1.82, 2.24) is 5.48 Å². The van der Waals surface area contributed by atoms with Crippen LogP contribution in [0.4, 0.5) is 0 Å². The smallest absolute Gasteiger partial charge is 0.132 e. The largest absolute Gasteiger partial charge is 0.305 e. The van der Waals surface area contributed by atoms with E-state index in [0.717, 1.165) is 6.42 Å². The lowest BCUT2D eigenvalue weighted by molar-refractivity contribution is -0.118. The van der Waals surface area contributed by atoms with Crippen molar-refractivity contribution in [2.24, 2.45) is 5.18 Å². The van der Waals surface area contributed by atoms with Crippen molar-refractivity contribution in [3.8, 4) is 0 Å². The van der Waals surface area contributed by atoms with Crippen LogP contribution in [0.25, 0.3) is 0 Å². The van der Waals surface area contributed by atoms with Crippen LogP contribution in [0, 0.1) is 4.91 Å². The van der Waals surface area contributed by atoms with Gasteiger partial charge in [-0.2, -0.15) is 4.91 Å². The second-order valence-corrected chi connectivity index (χ2v) is 3.43. The molecule has 0 saturated carbocycles. The second kappa shape index (κ2) is 9.73. The number of carbonyl (C=O) groups excluding carboxylic acids is 1. The number of hydrogen-bond acceptors (Lipinski definition) is 5. The Morgan fingerprint density at radius 2 is 2.20 bits per heavy atom. The van der Waals surface area contributed by atoms with Crippen LogP contribution < -0.4 is 5.48 Å². The molecule has 0 rings (SSSR count). The highest BCUT2D eigenvalue weighted by molar-refractivity contribution is 5.77. The van der Waals surface area contributed by atoms with Gasteiger partial charge in [0, 0.05) is 19.4 Å². The van der Waals surface area contributed by atoms with E-state index in [1.807, 2.05) is 6.92 Å². The van der Waals surface area contributed by atoms with Crippen LogP contribution in [-0.4, -0.2) is 25.5 Å². The van der Waals surface area contributed by atoms with Crippen molar-refractivity contribution in [1.29, 1.82) is 0 Å². The molecule has 88 valence electrons. The molecule has 0 aromatic rings. The number of ketones is 1. The van der Waals surface area contributed by atoms with Gasteiger partial charge in [0.05, 0.1) is 13.2 Å². The molecule has 15 heavy (non-hydrogen) atoms. The molecule has 5 nitrogen and oxygen atoms in total. The third-order valence-electron chi connectivity index (χ3n) is 2.26. The first-order valence-electron chi connectivity index (χ1n) is 5.34. The quantitative estimate of drug-likeness (QED) is 0.343. The standard InChI is InChI=1S/C10H20N2O3/c1-3-10(13)6-4-5-9(12-14)7-8-11-15-2/h9,11H,3-8H2,1-2H3. The average molecular weight is 216 g/mol. The summed E-state index contributed by atoms with van der Waals surface area (Å²) >= 11 is 0. The molecular weight excluding hydrogens is 196 g/mol. The molecule has 0 aliphatic heterocycles. The Kier molecular flexibility index (Phi) is 9.21. The molecule has 0 heterocycles. The van der Waals surface area contributed by atoms with Gasteiger partial charge in [0.2, 0.25) is 0 Å². The van der Waals surface area contributed by atoms with Crippen molar-refractivity contribution in [2.45, 2.75) is 45.1 Å². The minimum absolute atomic E-state index is 0.211. The van der Waals surface area contributed by atoms with Gasteiger partial charge in [-0.1, -0.05) is 12.1 Å². The van der Waals surface area contributed by atoms with Crippen LogP contribution >= 0.6 is 0 Å². The molecule has 0 aliphatic rings. The topological polar surface area (TPSA) is 67.8 Å². The van der Waals surface area contributed by atoms with Crippen molar-refractivity contribution < 1.29 is 9.63 Å². The summed E-state index contributed by atoms with van der Waals surface area (Å²) in [5.74, 6) is 0.245. The molecule has 0 aromatic carbocycles. The molecule has 0 saturated heterocycles. The third kappa shape index (κ3) is 8.20. The van der Waals surface area contributed by atoms with Crippen LogP contribution in [0.3, 0.4) is 0 Å². The van der Waals surface area contributed by atoms with E-state index in [9.17, 15) is 9.70 Å². The number of nitrogens with zero attached hydrogens (tertiary/aromatic N) is 1. The molecular formula is C10H20N2O3. The maximum Gasteiger partial charge on any atom is 0.132 e. The molecule has 1 N–H and O–H groups in total. The van der Waals surface area contributed by atoms with E-state index in [2.05, 4.69) is 15.5 Å². The predicted octanol–water partition coefficient (Wildman–Crippen LogP) is 1.81. The van der Waals surface area contributed by atoms with E-state index in [1.165, 1.54) is 7.11 Å². The molecule has 0 aromatic heterocycles. The number of Topliss-reactive ketones (excluding diaryl/α,β-unsaturated/α-hetero) is 1. The Labute approximate surface area is 90.5 Å². The molecule has 0 aliphatic carbocycles. The van der Waals surface area contributed by atoms with Crippen LogP contribution in [0.2, 0.25) is 0 Å². The van der Waals surface area contributed by atoms with E-state index in [1.54, 1.807) is 0 Å². The number of nitrogens with one attached hydrogen (secondary N) is 1. The second-order valence-electron chi connectivity index (χ2n) is 3.43. The van der Waals surface area contributed by atoms with Gasteiger partial charge in [0.25, 0.3) is 0 Å². The van der Waals surface area contributed by atoms with E-state index in [-0.39, 0.29) is 11.8 Å². The summed E-state index contributed by atoms with van der Waals surface area (Å²) in [5, 5.41) is 3.03. The fourth-order valence-electron chi connectivity index (χ4n) is 1.29. The molecule has 0 fully saturated rings. The number of hydroxylamine groups is 1. The number of carbonyl (C=O) groups is 1. The maximum absolute atomic E-state index is 11.0. The summed E-state index contributed by atoms with van der Waals surface area (Å²) in [6, 6.07) is -0.211. The lowest BCUT2D eigenvalue weighted by Gasteiger charge is -2.08. The van der Waals surface area contributed by atoms with Gasteiger partial charge in [-0.15, -0.1) is 0 Å². The molecule has 1 atom stereocenters. The molecule has 0 radical (unpaired) electrons. The molecule has 0 bridgehead atoms. The van der Waals surface area contributed by atoms with Crippen molar-refractivity contribution in [2.75, 3.05) is 13.7 Å². The first-order chi connectivity index (χ1) is 7.24. The van der Waals surface area contributed by atoms with E-state index >= 15 is 0 Å². The predicted molar refractivity (Wildman–Crippen MR) is 58.4 cm³/mol. The van der Waals surface area contributed by atoms with Crippen LogP contribution in [0.5, 0.6) is 0 Å². The number of hydrogen-bond donors (Lipinski definition) is 1. The lowest BCUT2D eigenvalue weighted by Crippen LogP contribution is -2.18. The average Bonchev–Trinajstić information content (AvgIpc) is 2.26. The minimum atomic E-state index is -0.211. The van der Waals surface area contributed by atoms with Crippen LogP contribution in [0.15, 0.2) is 5.18 Å². The normalized spacial score (nSPS) is 12.4. The van der Waals surface area contributed by atoms with Crippen molar-refractivity contribution >= 4 is 5.78 Å². The molecule has 0 spiro atoms. The molecule has 0 amide bonds. The van der Waals surface area contributed by atoms with Gasteiger partial charge in [0.1, 0.15) is 5.78 Å². The first-order valence-corrected chi connectivity index (χ1v) is 5.34. The lowest BCUT2D eigenvalue weighted by atomic mass is 10.1. The summed E-state index contributed by atoms with van der Waals surface area (Å²) < 4.78 is 0.